The average molecular weight is 108 g/mol. The largest absolute Gasteiger partial charge is 0.391 e. The molecule has 0 saturated carbocycles. The smallest absolute Gasteiger partial charge is 0.0988 e. The fraction of sp³-hybridized carbons (Fsp3) is 1.00. The molecule has 2 nitrogen and oxygen atoms in total. The zero-order chi connectivity index (χ0) is 4.12. The second-order valence-corrected chi connectivity index (χ2v) is 0.921. The van der Waals surface area contributed by atoms with Crippen LogP contribution in [0, 0.1) is 0 Å². The molecule has 0 heterocycles. The predicted octanol–water partition coefficient (Wildman–Crippen LogP) is -0.556. The number of aliphatic hydroxyl groups excluding tert-OH is 1. The van der Waals surface area contributed by atoms with E-state index in [1.165, 1.54) is 0 Å². The molecule has 0 radical (unpaired) electrons. The maximum Gasteiger partial charge on any atom is 0.0988 e. The van der Waals surface area contributed by atoms with E-state index in [0.717, 1.165) is 6.54 Å². The van der Waals surface area contributed by atoms with E-state index in [0.29, 0.717) is 0 Å². The molecule has 0 saturated heterocycles. The van der Waals surface area contributed by atoms with Crippen molar-refractivity contribution >= 4 is 0 Å². The van der Waals surface area contributed by atoms with Gasteiger partial charge in [-0.25, -0.2) is 0 Å². The number of hydrogen-bond donors (Lipinski definition) is 2. The van der Waals surface area contributed by atoms with E-state index in [4.69, 9.17) is 5.11 Å². The van der Waals surface area contributed by atoms with Crippen LogP contribution in [0.15, 0.2) is 0 Å². The van der Waals surface area contributed by atoms with E-state index in [-0.39, 0.29) is 21.5 Å². The molecule has 0 aliphatic carbocycles. The lowest BCUT2D eigenvalue weighted by molar-refractivity contribution is -0.628. The molecule has 0 aliphatic heterocycles. The molecule has 0 unspecified atom stereocenters. The Labute approximate surface area is 46.6 Å². The first-order chi connectivity index (χ1) is 2.41. The summed E-state index contributed by atoms with van der Waals surface area (Å²) in [6.07, 6.45) is 0. The molecule has 0 aliphatic rings. The highest BCUT2D eigenvalue weighted by atomic mass is 16.3. The third-order valence-electron chi connectivity index (χ3n) is 0.418. The Morgan fingerprint density at radius 3 is 1.86 bits per heavy atom. The fourth-order valence-electron chi connectivity index (χ4n) is 0.129. The normalized spacial score (nSPS) is 6.00. The Bertz CT molecular complexity index is 15.6. The van der Waals surface area contributed by atoms with Gasteiger partial charge in [-0.1, -0.05) is 14.9 Å². The molecule has 0 aromatic rings. The summed E-state index contributed by atoms with van der Waals surface area (Å²) in [7, 11) is 1.93. The van der Waals surface area contributed by atoms with E-state index >= 15 is 0 Å². The van der Waals surface area contributed by atoms with Gasteiger partial charge in [0.1, 0.15) is 0 Å². The fourth-order valence-corrected chi connectivity index (χ4v) is 0.129. The van der Waals surface area contributed by atoms with Crippen LogP contribution in [0.1, 0.15) is 14.9 Å². The zero-order valence-electron chi connectivity index (χ0n) is 3.44. The number of quaternary nitrogens is 1. The van der Waals surface area contributed by atoms with Crippen LogP contribution in [-0.4, -0.2) is 25.3 Å². The van der Waals surface area contributed by atoms with E-state index in [9.17, 15) is 0 Å². The zero-order valence-corrected chi connectivity index (χ0v) is 3.44. The molecule has 0 amide bonds. The molecule has 7 heavy (non-hydrogen) atoms. The molecule has 0 aromatic heterocycles. The van der Waals surface area contributed by atoms with Gasteiger partial charge in [0.05, 0.1) is 20.2 Å². The Morgan fingerprint density at radius 2 is 1.86 bits per heavy atom. The predicted molar refractivity (Wildman–Crippen MR) is 33.3 cm³/mol. The summed E-state index contributed by atoms with van der Waals surface area (Å²) in [6, 6.07) is 0. The maximum atomic E-state index is 8.04. The minimum Gasteiger partial charge on any atom is -0.391 e. The van der Waals surface area contributed by atoms with Crippen molar-refractivity contribution in [2.45, 2.75) is 14.9 Å². The van der Waals surface area contributed by atoms with Crippen LogP contribution in [0.2, 0.25) is 0 Å². The summed E-state index contributed by atoms with van der Waals surface area (Å²) >= 11 is 0. The summed E-state index contributed by atoms with van der Waals surface area (Å²) in [5, 5.41) is 9.97. The van der Waals surface area contributed by atoms with Gasteiger partial charge in [0, 0.05) is 0 Å². The van der Waals surface area contributed by atoms with Crippen molar-refractivity contribution in [3.63, 3.8) is 0 Å². The third kappa shape index (κ3) is 24.7. The van der Waals surface area contributed by atoms with Gasteiger partial charge in [0.2, 0.25) is 0 Å². The Morgan fingerprint density at radius 1 is 1.43 bits per heavy atom. The highest BCUT2D eigenvalue weighted by molar-refractivity contribution is 4.06. The molecule has 0 spiro atoms. The van der Waals surface area contributed by atoms with Crippen molar-refractivity contribution in [3.8, 4) is 0 Å². The minimum absolute atomic E-state index is 0. The number of hydrogen-bond acceptors (Lipinski definition) is 1. The second-order valence-electron chi connectivity index (χ2n) is 0.921. The monoisotopic (exact) mass is 108 g/mol. The van der Waals surface area contributed by atoms with Gasteiger partial charge in [-0.2, -0.15) is 0 Å². The number of likely N-dealkylation sites (N-methyl/N-ethyl adjacent to an activating group) is 1. The van der Waals surface area contributed by atoms with Crippen LogP contribution in [-0.2, 0) is 0 Å². The molecule has 0 aromatic carbocycles. The van der Waals surface area contributed by atoms with Crippen molar-refractivity contribution in [2.24, 2.45) is 0 Å². The van der Waals surface area contributed by atoms with E-state index < -0.39 is 0 Å². The summed E-state index contributed by atoms with van der Waals surface area (Å²) in [5.41, 5.74) is 0. The molecule has 0 bridgehead atoms. The van der Waals surface area contributed by atoms with Gasteiger partial charge in [0.15, 0.2) is 0 Å². The van der Waals surface area contributed by atoms with E-state index in [1.807, 2.05) is 12.4 Å². The first-order valence-electron chi connectivity index (χ1n) is 1.80. The van der Waals surface area contributed by atoms with Crippen LogP contribution in [0.4, 0.5) is 0 Å². The van der Waals surface area contributed by atoms with Crippen molar-refractivity contribution in [1.82, 2.24) is 0 Å². The van der Waals surface area contributed by atoms with Crippen molar-refractivity contribution in [2.75, 3.05) is 20.2 Å². The Balaban J connectivity index is -0.0000000800. The minimum atomic E-state index is 0. The van der Waals surface area contributed by atoms with Crippen molar-refractivity contribution in [1.29, 1.82) is 0 Å². The highest BCUT2D eigenvalue weighted by Gasteiger charge is 1.69. The molecular formula is C5H18NO+. The summed E-state index contributed by atoms with van der Waals surface area (Å²) in [5.74, 6) is 0. The van der Waals surface area contributed by atoms with E-state index in [1.54, 1.807) is 0 Å². The van der Waals surface area contributed by atoms with Crippen LogP contribution < -0.4 is 5.32 Å². The van der Waals surface area contributed by atoms with Crippen LogP contribution >= 0.6 is 0 Å². The van der Waals surface area contributed by atoms with Crippen LogP contribution in [0.5, 0.6) is 0 Å². The highest BCUT2D eigenvalue weighted by Crippen LogP contribution is 1.31. The van der Waals surface area contributed by atoms with Gasteiger partial charge in [-0.15, -0.1) is 0 Å². The molecule has 3 N–H and O–H groups in total. The molecule has 48 valence electrons. The molecule has 0 atom stereocenters. The third-order valence-corrected chi connectivity index (χ3v) is 0.418. The first-order valence-corrected chi connectivity index (χ1v) is 1.80. The summed E-state index contributed by atoms with van der Waals surface area (Å²) < 4.78 is 0. The number of nitrogens with two attached hydrogens (primary N) is 1. The first kappa shape index (κ1) is 15.8. The van der Waals surface area contributed by atoms with Crippen LogP contribution in [0.25, 0.3) is 0 Å². The summed E-state index contributed by atoms with van der Waals surface area (Å²) in [4.78, 5) is 0. The molecule has 2 heteroatoms. The Hall–Kier alpha value is -0.0800. The van der Waals surface area contributed by atoms with Gasteiger partial charge in [-0.05, 0) is 0 Å². The maximum absolute atomic E-state index is 8.04. The lowest BCUT2D eigenvalue weighted by Gasteiger charge is -1.81. The molecule has 0 rings (SSSR count). The van der Waals surface area contributed by atoms with Crippen molar-refractivity contribution in [3.05, 3.63) is 0 Å². The van der Waals surface area contributed by atoms with Crippen molar-refractivity contribution < 1.29 is 10.4 Å². The van der Waals surface area contributed by atoms with Gasteiger partial charge >= 0.3 is 0 Å². The number of aliphatic hydroxyl groups is 1. The van der Waals surface area contributed by atoms with E-state index in [2.05, 4.69) is 0 Å². The second kappa shape index (κ2) is 16.8. The lowest BCUT2D eigenvalue weighted by Crippen LogP contribution is -2.80. The van der Waals surface area contributed by atoms with Gasteiger partial charge < -0.3 is 10.4 Å². The molecular weight excluding hydrogens is 90.1 g/mol. The number of rotatable bonds is 2. The summed E-state index contributed by atoms with van der Waals surface area (Å²) in [6.45, 7) is 1.11. The SMILES string of the molecule is C.C.C[NH2+]CCO. The quantitative estimate of drug-likeness (QED) is 0.489. The lowest BCUT2D eigenvalue weighted by atomic mass is 10.7. The Kier molecular flexibility index (Phi) is 37.9. The average Bonchev–Trinajstić information content (AvgIpc) is 1.41. The standard InChI is InChI=1S/C3H9NO.2CH4/c1-4-2-3-5;;/h4-5H,2-3H2,1H3;2*1H4/p+1. The van der Waals surface area contributed by atoms with Crippen LogP contribution in [0.3, 0.4) is 0 Å². The topological polar surface area (TPSA) is 36.8 Å². The molecule has 0 fully saturated rings. The van der Waals surface area contributed by atoms with Gasteiger partial charge in [-0.3, -0.25) is 0 Å². The van der Waals surface area contributed by atoms with Gasteiger partial charge in [0.25, 0.3) is 0 Å².